The van der Waals surface area contributed by atoms with Gasteiger partial charge in [0.1, 0.15) is 5.54 Å². The van der Waals surface area contributed by atoms with E-state index in [0.717, 1.165) is 25.9 Å². The second-order valence-corrected chi connectivity index (χ2v) is 7.89. The highest BCUT2D eigenvalue weighted by Gasteiger charge is 2.42. The Morgan fingerprint density at radius 3 is 2.33 bits per heavy atom. The summed E-state index contributed by atoms with van der Waals surface area (Å²) in [6.45, 7) is 4.66. The van der Waals surface area contributed by atoms with E-state index in [1.165, 1.54) is 44.9 Å². The Morgan fingerprint density at radius 2 is 1.81 bits per heavy atom. The molecule has 0 aromatic rings. The van der Waals surface area contributed by atoms with Gasteiger partial charge in [-0.3, -0.25) is 10.1 Å². The zero-order chi connectivity index (χ0) is 14.9. The van der Waals surface area contributed by atoms with E-state index in [1.54, 1.807) is 0 Å². The summed E-state index contributed by atoms with van der Waals surface area (Å²) in [6, 6.07) is 0.431. The minimum Gasteiger partial charge on any atom is -0.480 e. The van der Waals surface area contributed by atoms with Crippen molar-refractivity contribution in [3.63, 3.8) is 0 Å². The molecule has 1 heterocycles. The molecule has 1 atom stereocenters. The number of aliphatic carboxylic acids is 1. The summed E-state index contributed by atoms with van der Waals surface area (Å²) < 4.78 is 0. The lowest BCUT2D eigenvalue weighted by atomic mass is 9.68. The third-order valence-corrected chi connectivity index (χ3v) is 5.94. The van der Waals surface area contributed by atoms with Crippen molar-refractivity contribution in [1.29, 1.82) is 0 Å². The molecule has 21 heavy (non-hydrogen) atoms. The summed E-state index contributed by atoms with van der Waals surface area (Å²) in [5.41, 5.74) is -0.184. The van der Waals surface area contributed by atoms with Gasteiger partial charge in [0.2, 0.25) is 0 Å². The van der Waals surface area contributed by atoms with Gasteiger partial charge in [0.25, 0.3) is 0 Å². The van der Waals surface area contributed by atoms with Crippen LogP contribution in [0.1, 0.15) is 64.7 Å². The molecular formula is C17H30N2O2. The normalized spacial score (nSPS) is 29.2. The highest BCUT2D eigenvalue weighted by molar-refractivity contribution is 5.78. The molecule has 0 radical (unpaired) electrons. The quantitative estimate of drug-likeness (QED) is 0.818. The largest absolute Gasteiger partial charge is 0.480 e. The monoisotopic (exact) mass is 294 g/mol. The number of carboxylic acid groups (broad SMARTS) is 1. The first-order valence-electron chi connectivity index (χ1n) is 8.75. The molecule has 1 aliphatic heterocycles. The van der Waals surface area contributed by atoms with Crippen LogP contribution in [0.5, 0.6) is 0 Å². The maximum absolute atomic E-state index is 11.7. The molecule has 0 amide bonds. The molecule has 0 bridgehead atoms. The van der Waals surface area contributed by atoms with E-state index in [4.69, 9.17) is 0 Å². The Hall–Kier alpha value is -0.610. The van der Waals surface area contributed by atoms with E-state index in [9.17, 15) is 9.90 Å². The van der Waals surface area contributed by atoms with E-state index in [1.807, 2.05) is 6.92 Å². The van der Waals surface area contributed by atoms with Crippen molar-refractivity contribution in [3.05, 3.63) is 0 Å². The summed E-state index contributed by atoms with van der Waals surface area (Å²) in [4.78, 5) is 14.0. The summed E-state index contributed by atoms with van der Waals surface area (Å²) in [6.07, 6.45) is 11.8. The molecule has 3 aliphatic rings. The minimum absolute atomic E-state index is 0.431. The molecule has 0 aromatic heterocycles. The number of piperidine rings is 1. The Morgan fingerprint density at radius 1 is 1.19 bits per heavy atom. The average Bonchev–Trinajstić information content (AvgIpc) is 3.26. The molecule has 3 fully saturated rings. The Balaban J connectivity index is 1.54. The van der Waals surface area contributed by atoms with Crippen molar-refractivity contribution >= 4 is 5.97 Å². The van der Waals surface area contributed by atoms with Crippen molar-refractivity contribution in [2.45, 2.75) is 76.3 Å². The molecule has 4 heteroatoms. The first-order chi connectivity index (χ1) is 10.0. The summed E-state index contributed by atoms with van der Waals surface area (Å²) >= 11 is 0. The number of carbonyl (C=O) groups is 1. The molecule has 2 saturated carbocycles. The Bertz CT molecular complexity index is 378. The summed E-state index contributed by atoms with van der Waals surface area (Å²) in [5, 5.41) is 12.9. The molecule has 2 N–H and O–H groups in total. The maximum atomic E-state index is 11.7. The molecule has 3 rings (SSSR count). The second kappa shape index (κ2) is 5.88. The van der Waals surface area contributed by atoms with E-state index >= 15 is 0 Å². The van der Waals surface area contributed by atoms with Gasteiger partial charge < -0.3 is 10.0 Å². The standard InChI is InChI=1S/C17H30N2O2/c1-16(15(20)21,18-14-5-6-14)13-19-11-9-17(10-12-19)7-3-2-4-8-17/h14,18H,2-13H2,1H3,(H,20,21). The SMILES string of the molecule is CC(CN1CCC2(CCCCC2)CC1)(NC1CC1)C(=O)O. The number of carboxylic acids is 1. The van der Waals surface area contributed by atoms with E-state index in [2.05, 4.69) is 10.2 Å². The third-order valence-electron chi connectivity index (χ3n) is 5.94. The Kier molecular flexibility index (Phi) is 4.28. The molecular weight excluding hydrogens is 264 g/mol. The predicted molar refractivity (Wildman–Crippen MR) is 83.4 cm³/mol. The molecule has 4 nitrogen and oxygen atoms in total. The fourth-order valence-corrected chi connectivity index (χ4v) is 4.29. The predicted octanol–water partition coefficient (Wildman–Crippen LogP) is 2.63. The number of hydrogen-bond acceptors (Lipinski definition) is 3. The van der Waals surface area contributed by atoms with Crippen LogP contribution in [0.15, 0.2) is 0 Å². The van der Waals surface area contributed by atoms with Gasteiger partial charge in [0.05, 0.1) is 0 Å². The average molecular weight is 294 g/mol. The maximum Gasteiger partial charge on any atom is 0.324 e. The topological polar surface area (TPSA) is 52.6 Å². The first kappa shape index (κ1) is 15.3. The zero-order valence-corrected chi connectivity index (χ0v) is 13.4. The second-order valence-electron chi connectivity index (χ2n) is 7.89. The van der Waals surface area contributed by atoms with Gasteiger partial charge in [0.15, 0.2) is 0 Å². The lowest BCUT2D eigenvalue weighted by Gasteiger charge is -2.46. The van der Waals surface area contributed by atoms with Crippen LogP contribution in [0, 0.1) is 5.41 Å². The fourth-order valence-electron chi connectivity index (χ4n) is 4.29. The first-order valence-corrected chi connectivity index (χ1v) is 8.75. The lowest BCUT2D eigenvalue weighted by Crippen LogP contribution is -2.59. The van der Waals surface area contributed by atoms with Crippen LogP contribution in [0.4, 0.5) is 0 Å². The minimum atomic E-state index is -0.780. The van der Waals surface area contributed by atoms with Crippen molar-refractivity contribution in [1.82, 2.24) is 10.2 Å². The van der Waals surface area contributed by atoms with Gasteiger partial charge >= 0.3 is 5.97 Å². The van der Waals surface area contributed by atoms with Crippen molar-refractivity contribution in [2.75, 3.05) is 19.6 Å². The van der Waals surface area contributed by atoms with Crippen LogP contribution in [0.25, 0.3) is 0 Å². The molecule has 1 spiro atoms. The molecule has 0 aromatic carbocycles. The van der Waals surface area contributed by atoms with Crippen LogP contribution in [0.3, 0.4) is 0 Å². The van der Waals surface area contributed by atoms with Crippen LogP contribution in [0.2, 0.25) is 0 Å². The highest BCUT2D eigenvalue weighted by atomic mass is 16.4. The van der Waals surface area contributed by atoms with Gasteiger partial charge in [-0.15, -0.1) is 0 Å². The van der Waals surface area contributed by atoms with E-state index < -0.39 is 11.5 Å². The van der Waals surface area contributed by atoms with E-state index in [0.29, 0.717) is 18.0 Å². The smallest absolute Gasteiger partial charge is 0.324 e. The number of hydrogen-bond donors (Lipinski definition) is 2. The van der Waals surface area contributed by atoms with Gasteiger partial charge in [0, 0.05) is 12.6 Å². The summed E-state index contributed by atoms with van der Waals surface area (Å²) in [7, 11) is 0. The van der Waals surface area contributed by atoms with Crippen LogP contribution >= 0.6 is 0 Å². The fraction of sp³-hybridized carbons (Fsp3) is 0.941. The molecule has 2 aliphatic carbocycles. The van der Waals surface area contributed by atoms with Gasteiger partial charge in [-0.25, -0.2) is 0 Å². The molecule has 1 unspecified atom stereocenters. The van der Waals surface area contributed by atoms with Crippen LogP contribution in [-0.2, 0) is 4.79 Å². The van der Waals surface area contributed by atoms with Gasteiger partial charge in [-0.1, -0.05) is 19.3 Å². The van der Waals surface area contributed by atoms with Crippen LogP contribution < -0.4 is 5.32 Å². The Labute approximate surface area is 128 Å². The van der Waals surface area contributed by atoms with Gasteiger partial charge in [-0.2, -0.15) is 0 Å². The summed E-state index contributed by atoms with van der Waals surface area (Å²) in [5.74, 6) is -0.702. The van der Waals surface area contributed by atoms with Gasteiger partial charge in [-0.05, 0) is 64.0 Å². The lowest BCUT2D eigenvalue weighted by molar-refractivity contribution is -0.145. The third kappa shape index (κ3) is 3.59. The molecule has 120 valence electrons. The highest BCUT2D eigenvalue weighted by Crippen LogP contribution is 2.44. The van der Waals surface area contributed by atoms with Crippen LogP contribution in [-0.4, -0.2) is 47.2 Å². The number of likely N-dealkylation sites (tertiary alicyclic amines) is 1. The number of nitrogens with one attached hydrogen (secondary N) is 1. The number of nitrogens with zero attached hydrogens (tertiary/aromatic N) is 1. The van der Waals surface area contributed by atoms with E-state index in [-0.39, 0.29) is 0 Å². The zero-order valence-electron chi connectivity index (χ0n) is 13.4. The molecule has 1 saturated heterocycles. The van der Waals surface area contributed by atoms with Crippen molar-refractivity contribution < 1.29 is 9.90 Å². The van der Waals surface area contributed by atoms with Crippen molar-refractivity contribution in [2.24, 2.45) is 5.41 Å². The van der Waals surface area contributed by atoms with Crippen molar-refractivity contribution in [3.8, 4) is 0 Å². The number of rotatable bonds is 5.